The Morgan fingerprint density at radius 1 is 0.783 bits per heavy atom. The number of hydrogen-bond donors (Lipinski definition) is 0. The third-order valence-corrected chi connectivity index (χ3v) is 2.34. The molecule has 0 amide bonds. The molecule has 0 bridgehead atoms. The van der Waals surface area contributed by atoms with Crippen molar-refractivity contribution < 1.29 is 38.0 Å². The SMILES string of the molecule is COCCOCCOCCOCCOCCOC(=O)OC(C)Cl. The van der Waals surface area contributed by atoms with E-state index in [2.05, 4.69) is 4.74 Å². The van der Waals surface area contributed by atoms with E-state index in [4.69, 9.17) is 40.0 Å². The summed E-state index contributed by atoms with van der Waals surface area (Å²) in [5.74, 6) is 0. The highest BCUT2D eigenvalue weighted by molar-refractivity contribution is 6.19. The van der Waals surface area contributed by atoms with E-state index in [9.17, 15) is 4.79 Å². The minimum atomic E-state index is -0.810. The zero-order valence-corrected chi connectivity index (χ0v) is 14.5. The van der Waals surface area contributed by atoms with Crippen molar-refractivity contribution in [1.29, 1.82) is 0 Å². The first-order valence-corrected chi connectivity index (χ1v) is 7.88. The van der Waals surface area contributed by atoms with Crippen LogP contribution in [-0.4, -0.2) is 84.9 Å². The number of alkyl halides is 1. The van der Waals surface area contributed by atoms with E-state index in [1.807, 2.05) is 0 Å². The molecule has 0 fully saturated rings. The van der Waals surface area contributed by atoms with E-state index in [1.165, 1.54) is 6.92 Å². The molecule has 0 aromatic rings. The number of halogens is 1. The Hall–Kier alpha value is -0.640. The molecule has 0 heterocycles. The average Bonchev–Trinajstić information content (AvgIpc) is 2.50. The van der Waals surface area contributed by atoms with Crippen molar-refractivity contribution in [2.75, 3.05) is 73.2 Å². The van der Waals surface area contributed by atoms with Gasteiger partial charge < -0.3 is 33.2 Å². The number of rotatable bonds is 16. The van der Waals surface area contributed by atoms with Gasteiger partial charge in [0, 0.05) is 7.11 Å². The highest BCUT2D eigenvalue weighted by Gasteiger charge is 2.06. The Kier molecular flexibility index (Phi) is 17.2. The standard InChI is InChI=1S/C14H27ClO8/c1-13(15)23-14(16)22-12-11-21-10-9-20-8-7-19-6-5-18-4-3-17-2/h13H,3-12H2,1-2H3. The number of methoxy groups -OCH3 is 1. The van der Waals surface area contributed by atoms with Gasteiger partial charge in [-0.15, -0.1) is 0 Å². The first-order valence-electron chi connectivity index (χ1n) is 7.44. The number of carbonyl (C=O) groups is 1. The van der Waals surface area contributed by atoms with Gasteiger partial charge in [-0.05, 0) is 6.92 Å². The van der Waals surface area contributed by atoms with Gasteiger partial charge in [-0.3, -0.25) is 0 Å². The smallest absolute Gasteiger partial charge is 0.432 e. The fourth-order valence-electron chi connectivity index (χ4n) is 1.25. The first-order chi connectivity index (χ1) is 11.2. The lowest BCUT2D eigenvalue weighted by molar-refractivity contribution is -0.0151. The number of hydrogen-bond acceptors (Lipinski definition) is 8. The highest BCUT2D eigenvalue weighted by atomic mass is 35.5. The van der Waals surface area contributed by atoms with Gasteiger partial charge in [0.05, 0.1) is 59.5 Å². The quantitative estimate of drug-likeness (QED) is 0.233. The number of carbonyl (C=O) groups excluding carboxylic acids is 1. The van der Waals surface area contributed by atoms with Crippen LogP contribution in [0.2, 0.25) is 0 Å². The van der Waals surface area contributed by atoms with Crippen molar-refractivity contribution >= 4 is 17.8 Å². The Morgan fingerprint density at radius 2 is 1.17 bits per heavy atom. The molecule has 1 atom stereocenters. The van der Waals surface area contributed by atoms with Crippen LogP contribution in [0.25, 0.3) is 0 Å². The zero-order chi connectivity index (χ0) is 17.2. The molecule has 0 radical (unpaired) electrons. The molecule has 0 aliphatic rings. The molecule has 0 aliphatic heterocycles. The maximum atomic E-state index is 10.9. The predicted molar refractivity (Wildman–Crippen MR) is 82.9 cm³/mol. The second-order valence-electron chi connectivity index (χ2n) is 4.20. The molecule has 8 nitrogen and oxygen atoms in total. The predicted octanol–water partition coefficient (Wildman–Crippen LogP) is 1.44. The van der Waals surface area contributed by atoms with E-state index in [0.717, 1.165) is 0 Å². The summed E-state index contributed by atoms with van der Waals surface area (Å²) >= 11 is 5.45. The van der Waals surface area contributed by atoms with Crippen LogP contribution in [0, 0.1) is 0 Å². The van der Waals surface area contributed by atoms with E-state index in [0.29, 0.717) is 52.9 Å². The molecule has 0 aromatic heterocycles. The molecular weight excluding hydrogens is 332 g/mol. The van der Waals surface area contributed by atoms with Crippen LogP contribution in [0.5, 0.6) is 0 Å². The monoisotopic (exact) mass is 358 g/mol. The van der Waals surface area contributed by atoms with Crippen molar-refractivity contribution in [3.63, 3.8) is 0 Å². The summed E-state index contributed by atoms with van der Waals surface area (Å²) in [4.78, 5) is 10.9. The van der Waals surface area contributed by atoms with Crippen LogP contribution >= 0.6 is 11.6 Å². The van der Waals surface area contributed by atoms with Crippen molar-refractivity contribution in [2.45, 2.75) is 12.5 Å². The molecule has 23 heavy (non-hydrogen) atoms. The topological polar surface area (TPSA) is 81.7 Å². The Balaban J connectivity index is 3.06. The molecule has 9 heteroatoms. The van der Waals surface area contributed by atoms with Gasteiger partial charge in [-0.2, -0.15) is 0 Å². The summed E-state index contributed by atoms with van der Waals surface area (Å²) < 4.78 is 35.2. The van der Waals surface area contributed by atoms with Crippen LogP contribution < -0.4 is 0 Å². The minimum Gasteiger partial charge on any atom is -0.432 e. The summed E-state index contributed by atoms with van der Waals surface area (Å²) in [7, 11) is 1.63. The molecule has 1 unspecified atom stereocenters. The van der Waals surface area contributed by atoms with Crippen LogP contribution in [0.3, 0.4) is 0 Å². The molecule has 138 valence electrons. The third kappa shape index (κ3) is 19.3. The summed E-state index contributed by atoms with van der Waals surface area (Å²) in [5.41, 5.74) is -0.712. The van der Waals surface area contributed by atoms with Gasteiger partial charge in [0.1, 0.15) is 6.61 Å². The highest BCUT2D eigenvalue weighted by Crippen LogP contribution is 1.98. The molecule has 0 spiro atoms. The van der Waals surface area contributed by atoms with Crippen molar-refractivity contribution in [1.82, 2.24) is 0 Å². The van der Waals surface area contributed by atoms with Crippen molar-refractivity contribution in [3.05, 3.63) is 0 Å². The largest absolute Gasteiger partial charge is 0.509 e. The fourth-order valence-corrected chi connectivity index (χ4v) is 1.33. The summed E-state index contributed by atoms with van der Waals surface area (Å²) in [6.45, 7) is 5.95. The Bertz CT molecular complexity index is 265. The molecule has 0 rings (SSSR count). The van der Waals surface area contributed by atoms with Gasteiger partial charge in [0.2, 0.25) is 0 Å². The lowest BCUT2D eigenvalue weighted by Crippen LogP contribution is -2.16. The van der Waals surface area contributed by atoms with Crippen LogP contribution in [0.1, 0.15) is 6.92 Å². The fraction of sp³-hybridized carbons (Fsp3) is 0.929. The van der Waals surface area contributed by atoms with E-state index < -0.39 is 11.7 Å². The summed E-state index contributed by atoms with van der Waals surface area (Å²) in [6.07, 6.45) is -0.810. The third-order valence-electron chi connectivity index (χ3n) is 2.25. The molecule has 0 saturated heterocycles. The van der Waals surface area contributed by atoms with E-state index >= 15 is 0 Å². The van der Waals surface area contributed by atoms with Gasteiger partial charge in [0.25, 0.3) is 0 Å². The maximum Gasteiger partial charge on any atom is 0.509 e. The van der Waals surface area contributed by atoms with Crippen molar-refractivity contribution in [2.24, 2.45) is 0 Å². The Labute approximate surface area is 142 Å². The summed E-state index contributed by atoms with van der Waals surface area (Å²) in [6, 6.07) is 0. The van der Waals surface area contributed by atoms with Crippen LogP contribution in [0.4, 0.5) is 4.79 Å². The Morgan fingerprint density at radius 3 is 1.57 bits per heavy atom. The van der Waals surface area contributed by atoms with E-state index in [1.54, 1.807) is 7.11 Å². The second-order valence-corrected chi connectivity index (χ2v) is 4.82. The second kappa shape index (κ2) is 17.7. The molecule has 0 saturated carbocycles. The van der Waals surface area contributed by atoms with Gasteiger partial charge in [0.15, 0.2) is 5.56 Å². The van der Waals surface area contributed by atoms with Gasteiger partial charge in [-0.1, -0.05) is 11.6 Å². The average molecular weight is 359 g/mol. The normalized spacial score (nSPS) is 12.1. The van der Waals surface area contributed by atoms with E-state index in [-0.39, 0.29) is 13.2 Å². The maximum absolute atomic E-state index is 10.9. The number of ether oxygens (including phenoxy) is 7. The molecule has 0 aromatic carbocycles. The first kappa shape index (κ1) is 22.4. The molecule has 0 N–H and O–H groups in total. The lowest BCUT2D eigenvalue weighted by atomic mass is 10.7. The minimum absolute atomic E-state index is 0.106. The molecule has 0 aliphatic carbocycles. The summed E-state index contributed by atoms with van der Waals surface area (Å²) in [5, 5.41) is 0. The van der Waals surface area contributed by atoms with Crippen LogP contribution in [0.15, 0.2) is 0 Å². The van der Waals surface area contributed by atoms with Gasteiger partial charge >= 0.3 is 6.16 Å². The zero-order valence-electron chi connectivity index (χ0n) is 13.8. The lowest BCUT2D eigenvalue weighted by Gasteiger charge is -2.08. The molecular formula is C14H27ClO8. The van der Waals surface area contributed by atoms with Crippen molar-refractivity contribution in [3.8, 4) is 0 Å². The van der Waals surface area contributed by atoms with Crippen LogP contribution in [-0.2, 0) is 33.2 Å². The van der Waals surface area contributed by atoms with Gasteiger partial charge in [-0.25, -0.2) is 4.79 Å².